The highest BCUT2D eigenvalue weighted by atomic mass is 32.1. The Kier molecular flexibility index (Phi) is 7.60. The van der Waals surface area contributed by atoms with Crippen LogP contribution < -0.4 is 5.32 Å². The van der Waals surface area contributed by atoms with Crippen molar-refractivity contribution in [3.05, 3.63) is 45.9 Å². The molecule has 0 bridgehead atoms. The van der Waals surface area contributed by atoms with Crippen molar-refractivity contribution >= 4 is 50.4 Å². The second kappa shape index (κ2) is 10.4. The maximum Gasteiger partial charge on any atom is 0.263 e. The number of hydrogen-bond donors (Lipinski definition) is 1. The number of thiazole rings is 2. The number of rotatable bonds is 11. The van der Waals surface area contributed by atoms with Crippen LogP contribution in [0.15, 0.2) is 36.0 Å². The predicted octanol–water partition coefficient (Wildman–Crippen LogP) is 4.20. The molecule has 0 radical (unpaired) electrons. The number of nitrogens with one attached hydrogen (secondary N) is 1. The molecule has 0 spiro atoms. The topological polar surface area (TPSA) is 89.0 Å². The van der Waals surface area contributed by atoms with Crippen LogP contribution in [0.2, 0.25) is 0 Å². The number of hydrogen-bond acceptors (Lipinski definition) is 7. The first-order chi connectivity index (χ1) is 14.0. The molecule has 2 aromatic heterocycles. The van der Waals surface area contributed by atoms with Gasteiger partial charge in [0.1, 0.15) is 15.7 Å². The second-order valence-corrected chi connectivity index (χ2v) is 8.91. The number of carbonyl (C=O) groups excluding carboxylic acids is 3. The summed E-state index contributed by atoms with van der Waals surface area (Å²) in [5.74, 6) is -0.153. The maximum absolute atomic E-state index is 13.0. The van der Waals surface area contributed by atoms with Gasteiger partial charge in [-0.3, -0.25) is 14.6 Å². The van der Waals surface area contributed by atoms with Crippen LogP contribution >= 0.6 is 22.7 Å². The molecule has 3 aromatic rings. The highest BCUT2D eigenvalue weighted by molar-refractivity contribution is 7.18. The third-order valence-corrected chi connectivity index (χ3v) is 6.34. The van der Waals surface area contributed by atoms with Gasteiger partial charge in [0, 0.05) is 6.42 Å². The first-order valence-electron chi connectivity index (χ1n) is 9.59. The van der Waals surface area contributed by atoms with E-state index in [0.29, 0.717) is 17.7 Å². The van der Waals surface area contributed by atoms with Gasteiger partial charge in [0.2, 0.25) is 0 Å². The van der Waals surface area contributed by atoms with E-state index in [1.165, 1.54) is 28.9 Å². The molecule has 0 aliphatic carbocycles. The average molecular weight is 430 g/mol. The zero-order valence-electron chi connectivity index (χ0n) is 16.2. The van der Waals surface area contributed by atoms with Crippen molar-refractivity contribution in [3.63, 3.8) is 0 Å². The quantitative estimate of drug-likeness (QED) is 0.461. The summed E-state index contributed by atoms with van der Waals surface area (Å²) in [4.78, 5) is 45.4. The zero-order valence-corrected chi connectivity index (χ0v) is 17.9. The van der Waals surface area contributed by atoms with E-state index in [-0.39, 0.29) is 23.9 Å². The fourth-order valence-corrected chi connectivity index (χ4v) is 4.54. The fourth-order valence-electron chi connectivity index (χ4n) is 3.04. The average Bonchev–Trinajstić information content (AvgIpc) is 3.35. The van der Waals surface area contributed by atoms with Crippen LogP contribution in [0.3, 0.4) is 0 Å². The number of para-hydroxylation sites is 1. The van der Waals surface area contributed by atoms with E-state index in [1.54, 1.807) is 12.4 Å². The predicted molar refractivity (Wildman–Crippen MR) is 115 cm³/mol. The van der Waals surface area contributed by atoms with Gasteiger partial charge in [-0.2, -0.15) is 0 Å². The Morgan fingerprint density at radius 3 is 2.69 bits per heavy atom. The minimum absolute atomic E-state index is 0.0477. The number of nitrogens with zero attached hydrogens (tertiary/aromatic N) is 2. The zero-order chi connectivity index (χ0) is 20.6. The lowest BCUT2D eigenvalue weighted by Crippen LogP contribution is -2.41. The number of fused-ring (bicyclic) bond motifs is 1. The Balaban J connectivity index is 1.63. The molecule has 0 aliphatic heterocycles. The molecular weight excluding hydrogens is 406 g/mol. The number of benzene rings is 1. The van der Waals surface area contributed by atoms with Crippen LogP contribution in [0, 0.1) is 0 Å². The summed E-state index contributed by atoms with van der Waals surface area (Å²) in [6.45, 7) is 1.58. The van der Waals surface area contributed by atoms with Crippen LogP contribution in [0.25, 0.3) is 10.2 Å². The van der Waals surface area contributed by atoms with Gasteiger partial charge in [0.15, 0.2) is 5.78 Å². The molecule has 8 heteroatoms. The van der Waals surface area contributed by atoms with Crippen LogP contribution in [-0.2, 0) is 16.0 Å². The molecule has 0 fully saturated rings. The van der Waals surface area contributed by atoms with Crippen molar-refractivity contribution < 1.29 is 14.4 Å². The molecule has 0 aliphatic rings. The third-order valence-electron chi connectivity index (χ3n) is 4.54. The molecule has 3 rings (SSSR count). The van der Waals surface area contributed by atoms with Crippen molar-refractivity contribution in [2.45, 2.75) is 51.5 Å². The summed E-state index contributed by atoms with van der Waals surface area (Å²) in [7, 11) is 0. The van der Waals surface area contributed by atoms with Gasteiger partial charge in [0.05, 0.1) is 34.4 Å². The Morgan fingerprint density at radius 1 is 1.14 bits per heavy atom. The lowest BCUT2D eigenvalue weighted by Gasteiger charge is -2.17. The Hall–Kier alpha value is -2.45. The standard InChI is InChI=1S/C21H23N3O3S2/c1-14(25)7-3-2-4-8-15(24-21(27)19-12-22-13-28-19)17(26)11-20-23-16-9-5-6-10-18(16)29-20/h5-6,9-10,12-13,15H,2-4,7-8,11H2,1H3,(H,24,27)/t15-/m0/s1. The van der Waals surface area contributed by atoms with Gasteiger partial charge >= 0.3 is 0 Å². The molecule has 1 N–H and O–H groups in total. The van der Waals surface area contributed by atoms with Crippen LogP contribution in [0.4, 0.5) is 0 Å². The lowest BCUT2D eigenvalue weighted by atomic mass is 10.0. The van der Waals surface area contributed by atoms with E-state index in [4.69, 9.17) is 0 Å². The Bertz CT molecular complexity index is 949. The van der Waals surface area contributed by atoms with Crippen molar-refractivity contribution in [2.75, 3.05) is 0 Å². The molecule has 1 amide bonds. The molecule has 1 atom stereocenters. The molecule has 1 aromatic carbocycles. The van der Waals surface area contributed by atoms with E-state index in [1.807, 2.05) is 24.3 Å². The van der Waals surface area contributed by atoms with Gasteiger partial charge in [0.25, 0.3) is 5.91 Å². The summed E-state index contributed by atoms with van der Waals surface area (Å²) in [6.07, 6.45) is 5.22. The lowest BCUT2D eigenvalue weighted by molar-refractivity contribution is -0.120. The summed E-state index contributed by atoms with van der Waals surface area (Å²) < 4.78 is 1.05. The van der Waals surface area contributed by atoms with Crippen molar-refractivity contribution in [3.8, 4) is 0 Å². The van der Waals surface area contributed by atoms with Crippen molar-refractivity contribution in [1.82, 2.24) is 15.3 Å². The first-order valence-corrected chi connectivity index (χ1v) is 11.3. The Morgan fingerprint density at radius 2 is 1.97 bits per heavy atom. The Labute approximate surface area is 177 Å². The number of amides is 1. The number of ketones is 2. The number of Topliss-reactive ketones (excluding diaryl/α,β-unsaturated/α-hetero) is 2. The minimum Gasteiger partial charge on any atom is -0.341 e. The summed E-state index contributed by atoms with van der Waals surface area (Å²) in [6, 6.07) is 7.21. The van der Waals surface area contributed by atoms with Gasteiger partial charge in [-0.25, -0.2) is 4.98 Å². The molecule has 6 nitrogen and oxygen atoms in total. The van der Waals surface area contributed by atoms with Crippen LogP contribution in [0.5, 0.6) is 0 Å². The van der Waals surface area contributed by atoms with E-state index >= 15 is 0 Å². The largest absolute Gasteiger partial charge is 0.341 e. The number of carbonyl (C=O) groups is 3. The van der Waals surface area contributed by atoms with Gasteiger partial charge in [-0.1, -0.05) is 25.0 Å². The summed E-state index contributed by atoms with van der Waals surface area (Å²) in [5.41, 5.74) is 2.48. The van der Waals surface area contributed by atoms with Crippen LogP contribution in [-0.4, -0.2) is 33.5 Å². The fraction of sp³-hybridized carbons (Fsp3) is 0.381. The van der Waals surface area contributed by atoms with Crippen molar-refractivity contribution in [1.29, 1.82) is 0 Å². The molecule has 0 saturated heterocycles. The van der Waals surface area contributed by atoms with Gasteiger partial charge in [-0.05, 0) is 31.9 Å². The van der Waals surface area contributed by atoms with Crippen molar-refractivity contribution in [2.24, 2.45) is 0 Å². The van der Waals surface area contributed by atoms with E-state index in [0.717, 1.165) is 34.5 Å². The SMILES string of the molecule is CC(=O)CCCCC[C@H](NC(=O)c1cncs1)C(=O)Cc1nc2ccccc2s1. The van der Waals surface area contributed by atoms with E-state index in [9.17, 15) is 14.4 Å². The monoisotopic (exact) mass is 429 g/mol. The van der Waals surface area contributed by atoms with Crippen LogP contribution in [0.1, 0.15) is 53.7 Å². The van der Waals surface area contributed by atoms with E-state index in [2.05, 4.69) is 15.3 Å². The maximum atomic E-state index is 13.0. The van der Waals surface area contributed by atoms with Gasteiger partial charge in [-0.15, -0.1) is 22.7 Å². The second-order valence-electron chi connectivity index (χ2n) is 6.91. The first kappa shape index (κ1) is 21.3. The third kappa shape index (κ3) is 6.27. The molecule has 2 heterocycles. The molecule has 152 valence electrons. The smallest absolute Gasteiger partial charge is 0.263 e. The summed E-state index contributed by atoms with van der Waals surface area (Å²) >= 11 is 2.75. The normalized spacial score (nSPS) is 12.0. The number of aromatic nitrogens is 2. The minimum atomic E-state index is -0.575. The van der Waals surface area contributed by atoms with E-state index < -0.39 is 6.04 Å². The highest BCUT2D eigenvalue weighted by Crippen LogP contribution is 2.22. The molecule has 29 heavy (non-hydrogen) atoms. The highest BCUT2D eigenvalue weighted by Gasteiger charge is 2.23. The summed E-state index contributed by atoms with van der Waals surface area (Å²) in [5, 5.41) is 3.62. The molecular formula is C21H23N3O3S2. The molecule has 0 saturated carbocycles. The number of unbranched alkanes of at least 4 members (excludes halogenated alkanes) is 2. The molecule has 0 unspecified atom stereocenters. The van der Waals surface area contributed by atoms with Gasteiger partial charge < -0.3 is 10.1 Å².